The van der Waals surface area contributed by atoms with E-state index in [4.69, 9.17) is 18.9 Å². The fourth-order valence-electron chi connectivity index (χ4n) is 2.79. The SMILES string of the molecule is CC(=O)OC[C@H]1O[C@@H]([Se]CC[Si](C)(C)C)[C@H](OC(C)=O)[C@@H](OC(C)=O)[C@@H]1OS(=O)(=O)C(F)(F)F. The number of hydrogen-bond donors (Lipinski definition) is 0. The summed E-state index contributed by atoms with van der Waals surface area (Å²) in [5.41, 5.74) is -5.80. The van der Waals surface area contributed by atoms with E-state index in [1.54, 1.807) is 0 Å². The van der Waals surface area contributed by atoms with Gasteiger partial charge in [0.15, 0.2) is 0 Å². The van der Waals surface area contributed by atoms with Crippen molar-refractivity contribution in [1.29, 1.82) is 0 Å². The van der Waals surface area contributed by atoms with Crippen molar-refractivity contribution < 1.29 is 59.1 Å². The van der Waals surface area contributed by atoms with Crippen molar-refractivity contribution in [1.82, 2.24) is 0 Å². The average molecular weight is 602 g/mol. The normalized spacial score (nSPS) is 26.0. The van der Waals surface area contributed by atoms with Crippen LogP contribution in [0.4, 0.5) is 13.2 Å². The van der Waals surface area contributed by atoms with E-state index < -0.39 is 92.6 Å². The summed E-state index contributed by atoms with van der Waals surface area (Å²) in [5, 5.41) is -0.295. The van der Waals surface area contributed by atoms with Crippen molar-refractivity contribution in [2.45, 2.75) is 86.7 Å². The summed E-state index contributed by atoms with van der Waals surface area (Å²) in [6, 6.07) is 0.856. The van der Waals surface area contributed by atoms with E-state index in [-0.39, 0.29) is 0 Å². The quantitative estimate of drug-likeness (QED) is 0.120. The van der Waals surface area contributed by atoms with Gasteiger partial charge in [0, 0.05) is 0 Å². The first-order valence-corrected chi connectivity index (χ1v) is 17.4. The van der Waals surface area contributed by atoms with E-state index in [9.17, 15) is 36.0 Å². The van der Waals surface area contributed by atoms with Crippen LogP contribution in [0, 0.1) is 0 Å². The van der Waals surface area contributed by atoms with Crippen molar-refractivity contribution in [2.24, 2.45) is 0 Å². The summed E-state index contributed by atoms with van der Waals surface area (Å²) in [6.07, 6.45) is -6.88. The molecule has 5 atom stereocenters. The molecular formula is C18H29F3O10SSeSi. The van der Waals surface area contributed by atoms with Crippen LogP contribution in [0.15, 0.2) is 0 Å². The third-order valence-corrected chi connectivity index (χ3v) is 10.3. The van der Waals surface area contributed by atoms with Crippen molar-refractivity contribution in [2.75, 3.05) is 6.61 Å². The Hall–Kier alpha value is -1.19. The molecule has 0 N–H and O–H groups in total. The van der Waals surface area contributed by atoms with Gasteiger partial charge >= 0.3 is 203 Å². The van der Waals surface area contributed by atoms with E-state index in [0.29, 0.717) is 5.32 Å². The summed E-state index contributed by atoms with van der Waals surface area (Å²) in [6.45, 7) is 8.72. The first kappa shape index (κ1) is 30.8. The number of carbonyl (C=O) groups is 3. The number of carbonyl (C=O) groups excluding carboxylic acids is 3. The molecule has 0 radical (unpaired) electrons. The van der Waals surface area contributed by atoms with E-state index in [2.05, 4.69) is 23.8 Å². The van der Waals surface area contributed by atoms with Gasteiger partial charge in [0.1, 0.15) is 0 Å². The molecule has 0 amide bonds. The van der Waals surface area contributed by atoms with Gasteiger partial charge in [-0.1, -0.05) is 0 Å². The molecule has 0 saturated carbocycles. The molecule has 0 aromatic carbocycles. The van der Waals surface area contributed by atoms with Crippen LogP contribution in [0.5, 0.6) is 0 Å². The van der Waals surface area contributed by atoms with Crippen LogP contribution < -0.4 is 0 Å². The maximum atomic E-state index is 13.1. The van der Waals surface area contributed by atoms with Gasteiger partial charge in [-0.3, -0.25) is 0 Å². The molecule has 16 heteroatoms. The maximum absolute atomic E-state index is 13.1. The van der Waals surface area contributed by atoms with Crippen LogP contribution in [0.3, 0.4) is 0 Å². The van der Waals surface area contributed by atoms with Crippen LogP contribution in [-0.2, 0) is 47.6 Å². The topological polar surface area (TPSA) is 132 Å². The van der Waals surface area contributed by atoms with E-state index in [0.717, 1.165) is 26.8 Å². The molecule has 1 aliphatic heterocycles. The van der Waals surface area contributed by atoms with Crippen molar-refractivity contribution in [3.05, 3.63) is 0 Å². The van der Waals surface area contributed by atoms with Crippen molar-refractivity contribution >= 4 is 51.1 Å². The number of halogens is 3. The molecule has 0 aromatic heterocycles. The van der Waals surface area contributed by atoms with Gasteiger partial charge in [0.2, 0.25) is 0 Å². The van der Waals surface area contributed by atoms with Crippen LogP contribution >= 0.6 is 0 Å². The van der Waals surface area contributed by atoms with E-state index in [1.165, 1.54) is 0 Å². The van der Waals surface area contributed by atoms with Crippen LogP contribution in [0.25, 0.3) is 0 Å². The van der Waals surface area contributed by atoms with Crippen LogP contribution in [0.1, 0.15) is 20.8 Å². The third-order valence-electron chi connectivity index (χ3n) is 4.30. The molecule has 0 unspecified atom stereocenters. The van der Waals surface area contributed by atoms with E-state index >= 15 is 0 Å². The Bertz CT molecular complexity index is 846. The van der Waals surface area contributed by atoms with Gasteiger partial charge in [-0.25, -0.2) is 0 Å². The first-order valence-electron chi connectivity index (χ1n) is 10.1. The Morgan fingerprint density at radius 2 is 1.47 bits per heavy atom. The molecule has 0 aromatic rings. The van der Waals surface area contributed by atoms with Crippen LogP contribution in [0.2, 0.25) is 31.0 Å². The second-order valence-corrected chi connectivity index (χ2v) is 18.4. The third kappa shape index (κ3) is 9.81. The Morgan fingerprint density at radius 3 is 1.91 bits per heavy atom. The van der Waals surface area contributed by atoms with Gasteiger partial charge in [-0.05, 0) is 0 Å². The van der Waals surface area contributed by atoms with Gasteiger partial charge < -0.3 is 0 Å². The molecule has 1 aliphatic rings. The predicted molar refractivity (Wildman–Crippen MR) is 115 cm³/mol. The number of alkyl halides is 3. The second-order valence-electron chi connectivity index (χ2n) is 8.64. The molecule has 198 valence electrons. The fraction of sp³-hybridized carbons (Fsp3) is 0.833. The summed E-state index contributed by atoms with van der Waals surface area (Å²) in [7, 11) is -7.67. The molecule has 34 heavy (non-hydrogen) atoms. The summed E-state index contributed by atoms with van der Waals surface area (Å²) in [5.74, 6) is -2.65. The average Bonchev–Trinajstić information content (AvgIpc) is 2.61. The zero-order valence-corrected chi connectivity index (χ0v) is 23.1. The number of rotatable bonds is 10. The minimum atomic E-state index is -6.18. The van der Waals surface area contributed by atoms with Crippen molar-refractivity contribution in [3.63, 3.8) is 0 Å². The van der Waals surface area contributed by atoms with Gasteiger partial charge in [-0.15, -0.1) is 0 Å². The summed E-state index contributed by atoms with van der Waals surface area (Å²) in [4.78, 5) is 34.8. The molecule has 0 spiro atoms. The van der Waals surface area contributed by atoms with Crippen LogP contribution in [-0.4, -0.2) is 90.9 Å². The molecule has 0 aliphatic carbocycles. The molecule has 1 fully saturated rings. The molecule has 0 bridgehead atoms. The Balaban J connectivity index is 3.45. The Labute approximate surface area is 203 Å². The molecule has 1 heterocycles. The Kier molecular flexibility index (Phi) is 11.0. The van der Waals surface area contributed by atoms with E-state index in [1.807, 2.05) is 0 Å². The zero-order chi connectivity index (χ0) is 26.5. The van der Waals surface area contributed by atoms with Crippen molar-refractivity contribution in [3.8, 4) is 0 Å². The summed E-state index contributed by atoms with van der Waals surface area (Å²) < 4.78 is 88.1. The fourth-order valence-corrected chi connectivity index (χ4v) is 10.5. The monoisotopic (exact) mass is 602 g/mol. The number of hydrogen-bond acceptors (Lipinski definition) is 10. The molecule has 1 rings (SSSR count). The second kappa shape index (κ2) is 12.2. The standard InChI is InChI=1S/C18H29F3O10SSeSi/c1-10(22)27-9-13-14(31-32(25,26)18(19,20)21)15(28-11(2)23)16(29-12(3)24)17(30-13)33-7-8-34(4,5)6/h13-17H,7-9H2,1-6H3/t13-,14-,15+,16-,17+/m1/s1. The minimum absolute atomic E-state index is 0.429. The molecule has 1 saturated heterocycles. The first-order chi connectivity index (χ1) is 15.3. The van der Waals surface area contributed by atoms with Gasteiger partial charge in [-0.2, -0.15) is 0 Å². The predicted octanol–water partition coefficient (Wildman–Crippen LogP) is 1.83. The van der Waals surface area contributed by atoms with Gasteiger partial charge in [0.25, 0.3) is 0 Å². The number of ether oxygens (including phenoxy) is 4. The Morgan fingerprint density at radius 1 is 0.941 bits per heavy atom. The molecule has 10 nitrogen and oxygen atoms in total. The zero-order valence-electron chi connectivity index (χ0n) is 19.5. The molecular weight excluding hydrogens is 572 g/mol. The number of esters is 3. The summed E-state index contributed by atoms with van der Waals surface area (Å²) >= 11 is -0.429. The van der Waals surface area contributed by atoms with Gasteiger partial charge in [0.05, 0.1) is 0 Å².